The van der Waals surface area contributed by atoms with Crippen LogP contribution in [0.2, 0.25) is 5.02 Å². The summed E-state index contributed by atoms with van der Waals surface area (Å²) in [6.45, 7) is 6.36. The SMILES string of the molecule is COC(=O)c1c(C)c2c(-c3c(CO)nn(C)c3C)c(Cl)ccc2n1CCCOc1cc(C)cc2cc(F)ccc12. The van der Waals surface area contributed by atoms with Gasteiger partial charge in [-0.3, -0.25) is 4.68 Å². The highest BCUT2D eigenvalue weighted by atomic mass is 35.5. The Kier molecular flexibility index (Phi) is 7.57. The molecule has 5 aromatic rings. The third-order valence-corrected chi connectivity index (χ3v) is 7.73. The summed E-state index contributed by atoms with van der Waals surface area (Å²) in [5.41, 5.74) is 5.81. The van der Waals surface area contributed by atoms with Crippen LogP contribution in [0.15, 0.2) is 42.5 Å². The molecule has 2 aromatic heterocycles. The van der Waals surface area contributed by atoms with Gasteiger partial charge in [0.2, 0.25) is 0 Å². The fourth-order valence-electron chi connectivity index (χ4n) is 5.53. The maximum Gasteiger partial charge on any atom is 0.354 e. The highest BCUT2D eigenvalue weighted by molar-refractivity contribution is 6.35. The van der Waals surface area contributed by atoms with Crippen molar-refractivity contribution in [1.29, 1.82) is 0 Å². The molecule has 5 rings (SSSR count). The van der Waals surface area contributed by atoms with Gasteiger partial charge in [-0.05, 0) is 80.1 Å². The van der Waals surface area contributed by atoms with Crippen molar-refractivity contribution in [2.24, 2.45) is 7.05 Å². The minimum absolute atomic E-state index is 0.245. The number of esters is 1. The first kappa shape index (κ1) is 27.7. The molecule has 1 N–H and O–H groups in total. The molecule has 0 aliphatic carbocycles. The number of hydrogen-bond acceptors (Lipinski definition) is 5. The van der Waals surface area contributed by atoms with Crippen molar-refractivity contribution >= 4 is 39.2 Å². The van der Waals surface area contributed by atoms with E-state index in [1.165, 1.54) is 19.2 Å². The van der Waals surface area contributed by atoms with Crippen molar-refractivity contribution in [2.45, 2.75) is 40.3 Å². The summed E-state index contributed by atoms with van der Waals surface area (Å²) in [4.78, 5) is 13.0. The van der Waals surface area contributed by atoms with Crippen LogP contribution in [0.1, 0.15) is 39.4 Å². The molecular formula is C31H31ClFN3O4. The Morgan fingerprint density at radius 2 is 1.88 bits per heavy atom. The number of halogens is 2. The van der Waals surface area contributed by atoms with Crippen LogP contribution < -0.4 is 4.74 Å². The van der Waals surface area contributed by atoms with E-state index in [1.54, 1.807) is 16.8 Å². The van der Waals surface area contributed by atoms with Crippen molar-refractivity contribution in [2.75, 3.05) is 13.7 Å². The Morgan fingerprint density at radius 1 is 1.10 bits per heavy atom. The van der Waals surface area contributed by atoms with Crippen LogP contribution in [0, 0.1) is 26.6 Å². The van der Waals surface area contributed by atoms with Gasteiger partial charge in [0.15, 0.2) is 0 Å². The maximum absolute atomic E-state index is 13.8. The summed E-state index contributed by atoms with van der Waals surface area (Å²) in [6.07, 6.45) is 0.593. The molecule has 0 fully saturated rings. The van der Waals surface area contributed by atoms with E-state index in [0.29, 0.717) is 41.7 Å². The lowest BCUT2D eigenvalue weighted by atomic mass is 9.97. The predicted octanol–water partition coefficient (Wildman–Crippen LogP) is 6.66. The van der Waals surface area contributed by atoms with E-state index in [0.717, 1.165) is 49.6 Å². The summed E-state index contributed by atoms with van der Waals surface area (Å²) in [6, 6.07) is 12.2. The second-order valence-electron chi connectivity index (χ2n) is 9.95. The molecule has 0 aliphatic rings. The number of nitrogens with zero attached hydrogens (tertiary/aromatic N) is 3. The molecule has 7 nitrogen and oxygen atoms in total. The molecule has 0 unspecified atom stereocenters. The molecule has 2 heterocycles. The second-order valence-corrected chi connectivity index (χ2v) is 10.4. The molecule has 0 saturated heterocycles. The van der Waals surface area contributed by atoms with Gasteiger partial charge in [-0.15, -0.1) is 0 Å². The minimum atomic E-state index is -0.450. The van der Waals surface area contributed by atoms with Crippen LogP contribution >= 0.6 is 11.6 Å². The number of carbonyl (C=O) groups is 1. The predicted molar refractivity (Wildman–Crippen MR) is 155 cm³/mol. The number of methoxy groups -OCH3 is 1. The third kappa shape index (κ3) is 4.71. The molecule has 40 heavy (non-hydrogen) atoms. The highest BCUT2D eigenvalue weighted by Crippen LogP contribution is 2.42. The van der Waals surface area contributed by atoms with Crippen LogP contribution in [0.3, 0.4) is 0 Å². The summed E-state index contributed by atoms with van der Waals surface area (Å²) in [5.74, 6) is -0.0515. The van der Waals surface area contributed by atoms with Crippen molar-refractivity contribution in [1.82, 2.24) is 14.3 Å². The highest BCUT2D eigenvalue weighted by Gasteiger charge is 2.27. The molecule has 3 aromatic carbocycles. The molecule has 0 saturated carbocycles. The molecule has 0 radical (unpaired) electrons. The van der Waals surface area contributed by atoms with Gasteiger partial charge in [0.25, 0.3) is 0 Å². The fraction of sp³-hybridized carbons (Fsp3) is 0.290. The lowest BCUT2D eigenvalue weighted by Gasteiger charge is -2.13. The van der Waals surface area contributed by atoms with Gasteiger partial charge < -0.3 is 19.1 Å². The van der Waals surface area contributed by atoms with Gasteiger partial charge in [-0.1, -0.05) is 17.7 Å². The number of hydrogen-bond donors (Lipinski definition) is 1. The average molecular weight is 564 g/mol. The van der Waals surface area contributed by atoms with E-state index < -0.39 is 5.97 Å². The second kappa shape index (κ2) is 10.9. The molecule has 0 bridgehead atoms. The number of fused-ring (bicyclic) bond motifs is 2. The third-order valence-electron chi connectivity index (χ3n) is 7.41. The van der Waals surface area contributed by atoms with Crippen LogP contribution in [0.25, 0.3) is 32.8 Å². The molecule has 0 amide bonds. The molecule has 0 atom stereocenters. The zero-order chi connectivity index (χ0) is 28.7. The largest absolute Gasteiger partial charge is 0.493 e. The van der Waals surface area contributed by atoms with Crippen molar-refractivity contribution in [3.8, 4) is 16.9 Å². The van der Waals surface area contributed by atoms with E-state index in [9.17, 15) is 14.3 Å². The Balaban J connectivity index is 1.53. The van der Waals surface area contributed by atoms with Crippen molar-refractivity contribution < 1.29 is 23.8 Å². The molecule has 9 heteroatoms. The summed E-state index contributed by atoms with van der Waals surface area (Å²) >= 11 is 6.77. The smallest absolute Gasteiger partial charge is 0.354 e. The number of ether oxygens (including phenoxy) is 2. The number of rotatable bonds is 8. The van der Waals surface area contributed by atoms with E-state index in [-0.39, 0.29) is 12.4 Å². The lowest BCUT2D eigenvalue weighted by Crippen LogP contribution is -2.13. The maximum atomic E-state index is 13.8. The number of benzene rings is 3. The number of aliphatic hydroxyl groups is 1. The normalized spacial score (nSPS) is 11.5. The minimum Gasteiger partial charge on any atom is -0.493 e. The first-order chi connectivity index (χ1) is 19.2. The van der Waals surface area contributed by atoms with Crippen molar-refractivity contribution in [3.63, 3.8) is 0 Å². The van der Waals surface area contributed by atoms with Gasteiger partial charge in [-0.25, -0.2) is 9.18 Å². The van der Waals surface area contributed by atoms with E-state index in [1.807, 2.05) is 50.6 Å². The molecule has 0 aliphatic heterocycles. The molecular weight excluding hydrogens is 533 g/mol. The summed E-state index contributed by atoms with van der Waals surface area (Å²) in [7, 11) is 3.18. The Labute approximate surface area is 236 Å². The number of aryl methyl sites for hydroxylation is 4. The van der Waals surface area contributed by atoms with E-state index in [2.05, 4.69) is 5.10 Å². The Hall–Kier alpha value is -3.88. The van der Waals surface area contributed by atoms with E-state index >= 15 is 0 Å². The number of aromatic nitrogens is 3. The zero-order valence-electron chi connectivity index (χ0n) is 23.1. The lowest BCUT2D eigenvalue weighted by molar-refractivity contribution is 0.0587. The van der Waals surface area contributed by atoms with Gasteiger partial charge in [0.05, 0.1) is 26.0 Å². The fourth-order valence-corrected chi connectivity index (χ4v) is 5.79. The average Bonchev–Trinajstić information content (AvgIpc) is 3.37. The van der Waals surface area contributed by atoms with Crippen molar-refractivity contribution in [3.05, 3.63) is 81.5 Å². The van der Waals surface area contributed by atoms with Crippen LogP contribution in [0.4, 0.5) is 4.39 Å². The first-order valence-corrected chi connectivity index (χ1v) is 13.4. The first-order valence-electron chi connectivity index (χ1n) is 13.0. The van der Waals surface area contributed by atoms with E-state index in [4.69, 9.17) is 21.1 Å². The topological polar surface area (TPSA) is 78.5 Å². The van der Waals surface area contributed by atoms with Crippen LogP contribution in [0.5, 0.6) is 5.75 Å². The number of carbonyl (C=O) groups excluding carboxylic acids is 1. The van der Waals surface area contributed by atoms with Gasteiger partial charge >= 0.3 is 5.97 Å². The van der Waals surface area contributed by atoms with Gasteiger partial charge in [-0.2, -0.15) is 5.10 Å². The quantitative estimate of drug-likeness (QED) is 0.169. The molecule has 208 valence electrons. The van der Waals surface area contributed by atoms with Gasteiger partial charge in [0.1, 0.15) is 17.3 Å². The Morgan fingerprint density at radius 3 is 2.60 bits per heavy atom. The van der Waals surface area contributed by atoms with Gasteiger partial charge in [0, 0.05) is 51.7 Å². The molecule has 0 spiro atoms. The summed E-state index contributed by atoms with van der Waals surface area (Å²) in [5, 5.41) is 17.4. The zero-order valence-corrected chi connectivity index (χ0v) is 23.9. The Bertz CT molecular complexity index is 1770. The standard InChI is InChI=1S/C31H31ClFN3O4/c1-17-13-20-15-21(33)7-8-22(20)26(14-17)40-12-6-11-36-25-10-9-23(32)29(27(25)18(2)30(36)31(38)39-5)28-19(3)35(4)34-24(28)16-37/h7-10,13-15,37H,6,11-12,16H2,1-5H3. The number of aliphatic hydroxyl groups excluding tert-OH is 1. The van der Waals surface area contributed by atoms with Crippen LogP contribution in [-0.4, -0.2) is 39.1 Å². The monoisotopic (exact) mass is 563 g/mol. The van der Waals surface area contributed by atoms with Crippen LogP contribution in [-0.2, 0) is 24.9 Å². The summed E-state index contributed by atoms with van der Waals surface area (Å²) < 4.78 is 28.8.